The monoisotopic (exact) mass is 267 g/mol. The van der Waals surface area contributed by atoms with Gasteiger partial charge in [-0.2, -0.15) is 0 Å². The predicted octanol–water partition coefficient (Wildman–Crippen LogP) is 1.53. The van der Waals surface area contributed by atoms with Gasteiger partial charge in [-0.05, 0) is 24.0 Å². The quantitative estimate of drug-likeness (QED) is 0.852. The molecule has 2 fully saturated rings. The van der Waals surface area contributed by atoms with E-state index in [0.717, 1.165) is 42.6 Å². The molecule has 2 aromatic rings. The Balaban J connectivity index is 1.68. The predicted molar refractivity (Wildman–Crippen MR) is 77.5 cm³/mol. The topological polar surface area (TPSA) is 45.2 Å². The van der Waals surface area contributed by atoms with Gasteiger partial charge in [-0.25, -0.2) is 0 Å². The summed E-state index contributed by atoms with van der Waals surface area (Å²) < 4.78 is 0. The smallest absolute Gasteiger partial charge is 0.256 e. The third kappa shape index (κ3) is 1.79. The number of carbonyl (C=O) groups excluding carboxylic acids is 1. The summed E-state index contributed by atoms with van der Waals surface area (Å²) >= 11 is 0. The molecule has 1 amide bonds. The normalized spacial score (nSPS) is 25.1. The Kier molecular flexibility index (Phi) is 2.70. The fourth-order valence-electron chi connectivity index (χ4n) is 3.47. The van der Waals surface area contributed by atoms with Gasteiger partial charge in [0.2, 0.25) is 0 Å². The van der Waals surface area contributed by atoms with Crippen LogP contribution in [0.15, 0.2) is 36.5 Å². The van der Waals surface area contributed by atoms with E-state index in [1.165, 1.54) is 0 Å². The minimum atomic E-state index is 0.128. The molecule has 3 heterocycles. The van der Waals surface area contributed by atoms with Crippen molar-refractivity contribution in [2.45, 2.75) is 0 Å². The van der Waals surface area contributed by atoms with Crippen molar-refractivity contribution in [3.8, 4) is 0 Å². The first kappa shape index (κ1) is 11.9. The second-order valence-corrected chi connectivity index (χ2v) is 5.77. The van der Waals surface area contributed by atoms with Gasteiger partial charge >= 0.3 is 0 Å². The molecule has 2 aliphatic heterocycles. The lowest BCUT2D eigenvalue weighted by atomic mass is 10.0. The Bertz CT molecular complexity index is 652. The van der Waals surface area contributed by atoms with Crippen LogP contribution in [0.5, 0.6) is 0 Å². The molecule has 2 atom stereocenters. The zero-order chi connectivity index (χ0) is 13.5. The molecular formula is C16H17N3O. The number of rotatable bonds is 1. The van der Waals surface area contributed by atoms with Crippen LogP contribution in [0.25, 0.3) is 10.9 Å². The first-order chi connectivity index (χ1) is 9.83. The van der Waals surface area contributed by atoms with E-state index in [-0.39, 0.29) is 5.91 Å². The van der Waals surface area contributed by atoms with E-state index in [4.69, 9.17) is 0 Å². The van der Waals surface area contributed by atoms with Gasteiger partial charge < -0.3 is 10.2 Å². The molecule has 4 heteroatoms. The Morgan fingerprint density at radius 2 is 1.90 bits per heavy atom. The van der Waals surface area contributed by atoms with E-state index < -0.39 is 0 Å². The fraction of sp³-hybridized carbons (Fsp3) is 0.375. The number of benzene rings is 1. The van der Waals surface area contributed by atoms with Crippen LogP contribution in [-0.2, 0) is 0 Å². The van der Waals surface area contributed by atoms with E-state index in [0.29, 0.717) is 11.8 Å². The first-order valence-corrected chi connectivity index (χ1v) is 7.16. The van der Waals surface area contributed by atoms with Crippen molar-refractivity contribution in [2.24, 2.45) is 11.8 Å². The van der Waals surface area contributed by atoms with Crippen molar-refractivity contribution < 1.29 is 4.79 Å². The van der Waals surface area contributed by atoms with Gasteiger partial charge in [-0.3, -0.25) is 9.78 Å². The molecule has 2 aliphatic rings. The molecule has 1 aromatic heterocycles. The van der Waals surface area contributed by atoms with E-state index in [2.05, 4.69) is 10.3 Å². The molecule has 0 aliphatic carbocycles. The summed E-state index contributed by atoms with van der Waals surface area (Å²) in [7, 11) is 0. The molecule has 0 radical (unpaired) electrons. The highest BCUT2D eigenvalue weighted by atomic mass is 16.2. The molecule has 0 saturated carbocycles. The number of amides is 1. The summed E-state index contributed by atoms with van der Waals surface area (Å²) in [6.45, 7) is 3.84. The Hall–Kier alpha value is -1.94. The first-order valence-electron chi connectivity index (χ1n) is 7.16. The van der Waals surface area contributed by atoms with Gasteiger partial charge in [0.05, 0.1) is 11.1 Å². The number of fused-ring (bicyclic) bond motifs is 2. The van der Waals surface area contributed by atoms with Crippen molar-refractivity contribution in [1.82, 2.24) is 15.2 Å². The van der Waals surface area contributed by atoms with Crippen LogP contribution in [0.2, 0.25) is 0 Å². The van der Waals surface area contributed by atoms with Gasteiger partial charge in [-0.1, -0.05) is 18.2 Å². The lowest BCUT2D eigenvalue weighted by Gasteiger charge is -2.18. The van der Waals surface area contributed by atoms with Crippen LogP contribution in [0, 0.1) is 11.8 Å². The standard InChI is InChI=1S/C16H17N3O/c20-16(19-9-12-7-17-8-13(12)10-19)14-5-1-3-11-4-2-6-18-15(11)14/h1-6,12-13,17H,7-10H2. The number of nitrogens with one attached hydrogen (secondary N) is 1. The molecule has 4 nitrogen and oxygen atoms in total. The number of likely N-dealkylation sites (tertiary alicyclic amines) is 1. The summed E-state index contributed by atoms with van der Waals surface area (Å²) in [5.74, 6) is 1.38. The molecule has 2 saturated heterocycles. The van der Waals surface area contributed by atoms with Crippen molar-refractivity contribution in [3.05, 3.63) is 42.1 Å². The summed E-state index contributed by atoms with van der Waals surface area (Å²) in [6.07, 6.45) is 1.75. The number of hydrogen-bond donors (Lipinski definition) is 1. The van der Waals surface area contributed by atoms with Crippen molar-refractivity contribution in [3.63, 3.8) is 0 Å². The molecule has 4 rings (SSSR count). The van der Waals surface area contributed by atoms with Crippen LogP contribution >= 0.6 is 0 Å². The van der Waals surface area contributed by atoms with Crippen LogP contribution < -0.4 is 5.32 Å². The minimum Gasteiger partial charge on any atom is -0.338 e. The fourth-order valence-corrected chi connectivity index (χ4v) is 3.47. The number of nitrogens with zero attached hydrogens (tertiary/aromatic N) is 2. The third-order valence-corrected chi connectivity index (χ3v) is 4.54. The highest BCUT2D eigenvalue weighted by molar-refractivity contribution is 6.05. The Morgan fingerprint density at radius 3 is 2.70 bits per heavy atom. The second-order valence-electron chi connectivity index (χ2n) is 5.77. The van der Waals surface area contributed by atoms with E-state index in [1.807, 2.05) is 35.2 Å². The van der Waals surface area contributed by atoms with Gasteiger partial charge in [0.15, 0.2) is 0 Å². The third-order valence-electron chi connectivity index (χ3n) is 4.54. The summed E-state index contributed by atoms with van der Waals surface area (Å²) in [5, 5.41) is 4.43. The van der Waals surface area contributed by atoms with Crippen molar-refractivity contribution >= 4 is 16.8 Å². The lowest BCUT2D eigenvalue weighted by Crippen LogP contribution is -2.32. The maximum atomic E-state index is 12.8. The van der Waals surface area contributed by atoms with Crippen LogP contribution in [0.4, 0.5) is 0 Å². The maximum Gasteiger partial charge on any atom is 0.256 e. The highest BCUT2D eigenvalue weighted by Gasteiger charge is 2.38. The Morgan fingerprint density at radius 1 is 1.15 bits per heavy atom. The molecular weight excluding hydrogens is 250 g/mol. The molecule has 2 unspecified atom stereocenters. The molecule has 1 N–H and O–H groups in total. The molecule has 1 aromatic carbocycles. The maximum absolute atomic E-state index is 12.8. The molecule has 0 spiro atoms. The lowest BCUT2D eigenvalue weighted by molar-refractivity contribution is 0.0783. The SMILES string of the molecule is O=C(c1cccc2cccnc12)N1CC2CNCC2C1. The zero-order valence-corrected chi connectivity index (χ0v) is 11.2. The highest BCUT2D eigenvalue weighted by Crippen LogP contribution is 2.28. The van der Waals surface area contributed by atoms with Crippen LogP contribution in [0.1, 0.15) is 10.4 Å². The van der Waals surface area contributed by atoms with Gasteiger partial charge in [0.25, 0.3) is 5.91 Å². The average molecular weight is 267 g/mol. The minimum absolute atomic E-state index is 0.128. The number of hydrogen-bond acceptors (Lipinski definition) is 3. The van der Waals surface area contributed by atoms with E-state index >= 15 is 0 Å². The number of pyridine rings is 1. The Labute approximate surface area is 117 Å². The van der Waals surface area contributed by atoms with Crippen molar-refractivity contribution in [2.75, 3.05) is 26.2 Å². The molecule has 0 bridgehead atoms. The van der Waals surface area contributed by atoms with Gasteiger partial charge in [0, 0.05) is 37.8 Å². The van der Waals surface area contributed by atoms with E-state index in [1.54, 1.807) is 6.20 Å². The number of carbonyl (C=O) groups is 1. The van der Waals surface area contributed by atoms with E-state index in [9.17, 15) is 4.79 Å². The van der Waals surface area contributed by atoms with Gasteiger partial charge in [-0.15, -0.1) is 0 Å². The average Bonchev–Trinajstić information content (AvgIpc) is 3.07. The van der Waals surface area contributed by atoms with Crippen LogP contribution in [0.3, 0.4) is 0 Å². The molecule has 20 heavy (non-hydrogen) atoms. The number of aromatic nitrogens is 1. The van der Waals surface area contributed by atoms with Crippen molar-refractivity contribution in [1.29, 1.82) is 0 Å². The zero-order valence-electron chi connectivity index (χ0n) is 11.2. The number of para-hydroxylation sites is 1. The molecule has 102 valence electrons. The van der Waals surface area contributed by atoms with Crippen LogP contribution in [-0.4, -0.2) is 42.0 Å². The van der Waals surface area contributed by atoms with Gasteiger partial charge in [0.1, 0.15) is 0 Å². The summed E-state index contributed by atoms with van der Waals surface area (Å²) in [5.41, 5.74) is 1.55. The largest absolute Gasteiger partial charge is 0.338 e. The summed E-state index contributed by atoms with van der Waals surface area (Å²) in [6, 6.07) is 9.74. The second kappa shape index (κ2) is 4.56. The summed E-state index contributed by atoms with van der Waals surface area (Å²) in [4.78, 5) is 19.1.